The highest BCUT2D eigenvalue weighted by Crippen LogP contribution is 2.20. The van der Waals surface area contributed by atoms with Crippen LogP contribution in [0.2, 0.25) is 0 Å². The molecule has 0 radical (unpaired) electrons. The summed E-state index contributed by atoms with van der Waals surface area (Å²) in [6.45, 7) is 0. The van der Waals surface area contributed by atoms with Crippen molar-refractivity contribution in [3.63, 3.8) is 0 Å². The number of rotatable bonds is 1. The van der Waals surface area contributed by atoms with E-state index in [1.807, 2.05) is 35.0 Å². The molecule has 2 heterocycles. The van der Waals surface area contributed by atoms with Gasteiger partial charge in [0.1, 0.15) is 0 Å². The van der Waals surface area contributed by atoms with Gasteiger partial charge in [0.15, 0.2) is 0 Å². The van der Waals surface area contributed by atoms with Crippen LogP contribution >= 0.6 is 22.6 Å². The standard InChI is InChI=1S/C10H8INO2/c1-14-10(13)9-7(11)6-12-5-3-2-4-8(9)12/h2-6H,1H3. The number of nitrogens with zero attached hydrogens (tertiary/aromatic N) is 1. The SMILES string of the molecule is COC(=O)c1c(I)cn2ccccc12. The van der Waals surface area contributed by atoms with Crippen LogP contribution in [0.4, 0.5) is 0 Å². The summed E-state index contributed by atoms with van der Waals surface area (Å²) in [7, 11) is 1.39. The Morgan fingerprint density at radius 1 is 1.50 bits per heavy atom. The van der Waals surface area contributed by atoms with Crippen LogP contribution < -0.4 is 0 Å². The smallest absolute Gasteiger partial charge is 0.341 e. The normalized spacial score (nSPS) is 10.4. The van der Waals surface area contributed by atoms with Crippen LogP contribution in [0.15, 0.2) is 30.6 Å². The Morgan fingerprint density at radius 2 is 2.29 bits per heavy atom. The van der Waals surface area contributed by atoms with E-state index in [4.69, 9.17) is 4.74 Å². The molecule has 0 amide bonds. The Balaban J connectivity index is 2.74. The second kappa shape index (κ2) is 3.61. The van der Waals surface area contributed by atoms with Crippen molar-refractivity contribution in [1.29, 1.82) is 0 Å². The third-order valence-electron chi connectivity index (χ3n) is 2.03. The average Bonchev–Trinajstić information content (AvgIpc) is 2.53. The molecule has 0 N–H and O–H groups in total. The summed E-state index contributed by atoms with van der Waals surface area (Å²) in [6.07, 6.45) is 3.81. The van der Waals surface area contributed by atoms with E-state index in [1.54, 1.807) is 0 Å². The molecule has 0 aliphatic heterocycles. The van der Waals surface area contributed by atoms with E-state index in [-0.39, 0.29) is 5.97 Å². The highest BCUT2D eigenvalue weighted by atomic mass is 127. The van der Waals surface area contributed by atoms with E-state index >= 15 is 0 Å². The van der Waals surface area contributed by atoms with Crippen molar-refractivity contribution in [2.24, 2.45) is 0 Å². The minimum absolute atomic E-state index is 0.289. The van der Waals surface area contributed by atoms with Gasteiger partial charge in [-0.05, 0) is 34.7 Å². The van der Waals surface area contributed by atoms with Crippen LogP contribution in [0.5, 0.6) is 0 Å². The van der Waals surface area contributed by atoms with E-state index in [0.29, 0.717) is 5.56 Å². The predicted molar refractivity (Wildman–Crippen MR) is 61.5 cm³/mol. The number of esters is 1. The molecular weight excluding hydrogens is 293 g/mol. The van der Waals surface area contributed by atoms with Gasteiger partial charge < -0.3 is 9.14 Å². The maximum Gasteiger partial charge on any atom is 0.341 e. The van der Waals surface area contributed by atoms with Gasteiger partial charge >= 0.3 is 5.97 Å². The lowest BCUT2D eigenvalue weighted by atomic mass is 10.2. The minimum Gasteiger partial charge on any atom is -0.465 e. The zero-order chi connectivity index (χ0) is 10.1. The molecule has 3 nitrogen and oxygen atoms in total. The molecule has 0 bridgehead atoms. The fraction of sp³-hybridized carbons (Fsp3) is 0.100. The van der Waals surface area contributed by atoms with Crippen molar-refractivity contribution >= 4 is 34.1 Å². The maximum atomic E-state index is 11.5. The average molecular weight is 301 g/mol. The number of pyridine rings is 1. The van der Waals surface area contributed by atoms with E-state index in [9.17, 15) is 4.79 Å². The molecule has 0 saturated heterocycles. The van der Waals surface area contributed by atoms with E-state index in [2.05, 4.69) is 22.6 Å². The summed E-state index contributed by atoms with van der Waals surface area (Å²) in [4.78, 5) is 11.5. The van der Waals surface area contributed by atoms with Crippen molar-refractivity contribution in [3.05, 3.63) is 39.7 Å². The molecule has 0 aromatic carbocycles. The number of ether oxygens (including phenoxy) is 1. The largest absolute Gasteiger partial charge is 0.465 e. The van der Waals surface area contributed by atoms with Crippen LogP contribution in [0.1, 0.15) is 10.4 Å². The molecule has 0 atom stereocenters. The fourth-order valence-electron chi connectivity index (χ4n) is 1.39. The van der Waals surface area contributed by atoms with Gasteiger partial charge in [-0.1, -0.05) is 6.07 Å². The van der Waals surface area contributed by atoms with E-state index < -0.39 is 0 Å². The third kappa shape index (κ3) is 1.39. The van der Waals surface area contributed by atoms with Gasteiger partial charge in [-0.2, -0.15) is 0 Å². The lowest BCUT2D eigenvalue weighted by molar-refractivity contribution is 0.0602. The van der Waals surface area contributed by atoms with Crippen molar-refractivity contribution < 1.29 is 9.53 Å². The van der Waals surface area contributed by atoms with Crippen LogP contribution in [0, 0.1) is 3.57 Å². The maximum absolute atomic E-state index is 11.5. The number of methoxy groups -OCH3 is 1. The zero-order valence-corrected chi connectivity index (χ0v) is 9.69. The van der Waals surface area contributed by atoms with Crippen LogP contribution in [-0.4, -0.2) is 17.5 Å². The van der Waals surface area contributed by atoms with Crippen LogP contribution in [-0.2, 0) is 4.74 Å². The molecule has 0 aliphatic rings. The van der Waals surface area contributed by atoms with Gasteiger partial charge in [0.05, 0.1) is 18.2 Å². The molecular formula is C10H8INO2. The van der Waals surface area contributed by atoms with Crippen molar-refractivity contribution in [2.45, 2.75) is 0 Å². The Bertz CT molecular complexity index is 490. The quantitative estimate of drug-likeness (QED) is 0.598. The predicted octanol–water partition coefficient (Wildman–Crippen LogP) is 2.33. The highest BCUT2D eigenvalue weighted by Gasteiger charge is 2.15. The molecule has 2 aromatic rings. The van der Waals surface area contributed by atoms with Gasteiger partial charge in [-0.15, -0.1) is 0 Å². The third-order valence-corrected chi connectivity index (χ3v) is 2.84. The topological polar surface area (TPSA) is 30.7 Å². The number of carbonyl (C=O) groups is 1. The van der Waals surface area contributed by atoms with Crippen LogP contribution in [0.3, 0.4) is 0 Å². The number of hydrogen-bond donors (Lipinski definition) is 0. The summed E-state index contributed by atoms with van der Waals surface area (Å²) in [6, 6.07) is 5.72. The molecule has 0 saturated carbocycles. The van der Waals surface area contributed by atoms with Crippen molar-refractivity contribution in [2.75, 3.05) is 7.11 Å². The number of aromatic nitrogens is 1. The summed E-state index contributed by atoms with van der Waals surface area (Å²) >= 11 is 2.13. The highest BCUT2D eigenvalue weighted by molar-refractivity contribution is 14.1. The molecule has 2 aromatic heterocycles. The lowest BCUT2D eigenvalue weighted by Crippen LogP contribution is -2.02. The van der Waals surface area contributed by atoms with Gasteiger partial charge in [-0.3, -0.25) is 0 Å². The molecule has 72 valence electrons. The number of hydrogen-bond acceptors (Lipinski definition) is 2. The zero-order valence-electron chi connectivity index (χ0n) is 7.53. The summed E-state index contributed by atoms with van der Waals surface area (Å²) in [5, 5.41) is 0. The molecule has 0 spiro atoms. The Hall–Kier alpha value is -1.04. The molecule has 0 aliphatic carbocycles. The summed E-state index contributed by atoms with van der Waals surface area (Å²) < 4.78 is 7.54. The molecule has 4 heteroatoms. The first-order chi connectivity index (χ1) is 6.74. The Labute approximate surface area is 94.8 Å². The Morgan fingerprint density at radius 3 is 3.00 bits per heavy atom. The van der Waals surface area contributed by atoms with Crippen molar-refractivity contribution in [1.82, 2.24) is 4.40 Å². The first-order valence-corrected chi connectivity index (χ1v) is 5.15. The molecule has 2 rings (SSSR count). The second-order valence-corrected chi connectivity index (χ2v) is 4.00. The van der Waals surface area contributed by atoms with E-state index in [1.165, 1.54) is 7.11 Å². The number of halogens is 1. The number of fused-ring (bicyclic) bond motifs is 1. The minimum atomic E-state index is -0.289. The summed E-state index contributed by atoms with van der Waals surface area (Å²) in [5.74, 6) is -0.289. The van der Waals surface area contributed by atoms with Gasteiger partial charge in [0.2, 0.25) is 0 Å². The lowest BCUT2D eigenvalue weighted by Gasteiger charge is -1.98. The van der Waals surface area contributed by atoms with E-state index in [0.717, 1.165) is 9.09 Å². The summed E-state index contributed by atoms with van der Waals surface area (Å²) in [5.41, 5.74) is 1.51. The molecule has 0 unspecified atom stereocenters. The molecule has 14 heavy (non-hydrogen) atoms. The first kappa shape index (κ1) is 9.51. The monoisotopic (exact) mass is 301 g/mol. The first-order valence-electron chi connectivity index (χ1n) is 4.07. The number of carbonyl (C=O) groups excluding carboxylic acids is 1. The van der Waals surface area contributed by atoms with Gasteiger partial charge in [0.25, 0.3) is 0 Å². The fourth-order valence-corrected chi connectivity index (χ4v) is 2.19. The Kier molecular flexibility index (Phi) is 2.45. The van der Waals surface area contributed by atoms with Crippen LogP contribution in [0.25, 0.3) is 5.52 Å². The molecule has 0 fully saturated rings. The van der Waals surface area contributed by atoms with Gasteiger partial charge in [-0.25, -0.2) is 4.79 Å². The second-order valence-electron chi connectivity index (χ2n) is 2.84. The van der Waals surface area contributed by atoms with Gasteiger partial charge in [0, 0.05) is 16.0 Å². The van der Waals surface area contributed by atoms with Crippen molar-refractivity contribution in [3.8, 4) is 0 Å².